The number of benzene rings is 2. The molecule has 0 bridgehead atoms. The molecule has 144 valence electrons. The number of ether oxygens (including phenoxy) is 1. The monoisotopic (exact) mass is 420 g/mol. The quantitative estimate of drug-likeness (QED) is 0.412. The van der Waals surface area contributed by atoms with Crippen LogP contribution in [0.2, 0.25) is 10.0 Å². The number of halogens is 3. The molecule has 0 amide bonds. The first-order valence-electron chi connectivity index (χ1n) is 8.40. The van der Waals surface area contributed by atoms with E-state index >= 15 is 0 Å². The number of hydrogen-bond donors (Lipinski definition) is 0. The molecule has 0 radical (unpaired) electrons. The molecule has 0 aliphatic rings. The number of aromatic nitrogens is 2. The van der Waals surface area contributed by atoms with Crippen LogP contribution in [0.25, 0.3) is 16.9 Å². The Labute approximate surface area is 170 Å². The van der Waals surface area contributed by atoms with E-state index in [1.807, 2.05) is 0 Å². The van der Waals surface area contributed by atoms with Gasteiger partial charge in [-0.1, -0.05) is 47.5 Å². The lowest BCUT2D eigenvalue weighted by atomic mass is 10.0. The number of carbonyl (C=O) groups excluding carboxylic acids is 2. The molecule has 5 nitrogen and oxygen atoms in total. The van der Waals surface area contributed by atoms with E-state index in [0.717, 1.165) is 0 Å². The number of esters is 1. The van der Waals surface area contributed by atoms with Crippen molar-refractivity contribution in [2.75, 3.05) is 6.61 Å². The van der Waals surface area contributed by atoms with Crippen LogP contribution < -0.4 is 0 Å². The Morgan fingerprint density at radius 3 is 2.39 bits per heavy atom. The molecule has 28 heavy (non-hydrogen) atoms. The van der Waals surface area contributed by atoms with Crippen LogP contribution in [0.5, 0.6) is 0 Å². The molecular weight excluding hydrogens is 406 g/mol. The molecule has 0 aliphatic heterocycles. The predicted molar refractivity (Wildman–Crippen MR) is 105 cm³/mol. The largest absolute Gasteiger partial charge is 0.466 e. The molecule has 0 N–H and O–H groups in total. The Morgan fingerprint density at radius 2 is 1.79 bits per heavy atom. The molecule has 0 spiro atoms. The van der Waals surface area contributed by atoms with Crippen molar-refractivity contribution in [3.63, 3.8) is 0 Å². The Kier molecular flexibility index (Phi) is 6.11. The minimum Gasteiger partial charge on any atom is -0.466 e. The summed E-state index contributed by atoms with van der Waals surface area (Å²) in [5, 5.41) is 4.97. The molecule has 0 saturated carbocycles. The van der Waals surface area contributed by atoms with Gasteiger partial charge in [-0.2, -0.15) is 9.49 Å². The summed E-state index contributed by atoms with van der Waals surface area (Å²) in [4.78, 5) is 23.7. The van der Waals surface area contributed by atoms with Crippen molar-refractivity contribution < 1.29 is 18.7 Å². The zero-order chi connectivity index (χ0) is 20.3. The maximum absolute atomic E-state index is 13.8. The fourth-order valence-corrected chi connectivity index (χ4v) is 3.18. The Morgan fingerprint density at radius 1 is 1.11 bits per heavy atom. The van der Waals surface area contributed by atoms with Crippen LogP contribution in [0.3, 0.4) is 0 Å². The second-order valence-electron chi connectivity index (χ2n) is 5.80. The van der Waals surface area contributed by atoms with E-state index in [1.54, 1.807) is 55.5 Å². The fraction of sp³-hybridized carbons (Fsp3) is 0.150. The van der Waals surface area contributed by atoms with Gasteiger partial charge in [0.2, 0.25) is 0 Å². The molecule has 3 aromatic rings. The Bertz CT molecular complexity index is 1030. The SMILES string of the molecule is CCOC(=O)Cc1c(C(=O)F)nn(-c2ccccc2Cl)c1-c1ccc(Cl)cc1. The summed E-state index contributed by atoms with van der Waals surface area (Å²) in [6.45, 7) is 1.82. The highest BCUT2D eigenvalue weighted by Gasteiger charge is 2.27. The lowest BCUT2D eigenvalue weighted by molar-refractivity contribution is -0.142. The van der Waals surface area contributed by atoms with Crippen molar-refractivity contribution in [2.45, 2.75) is 13.3 Å². The van der Waals surface area contributed by atoms with Crippen molar-refractivity contribution in [1.82, 2.24) is 9.78 Å². The number of nitrogens with zero attached hydrogens (tertiary/aromatic N) is 2. The van der Waals surface area contributed by atoms with Gasteiger partial charge in [0.25, 0.3) is 0 Å². The van der Waals surface area contributed by atoms with Crippen molar-refractivity contribution in [1.29, 1.82) is 0 Å². The summed E-state index contributed by atoms with van der Waals surface area (Å²) in [6, 6.07) is 11.7. The minimum atomic E-state index is -1.75. The molecule has 8 heteroatoms. The van der Waals surface area contributed by atoms with Crippen LogP contribution in [0, 0.1) is 0 Å². The smallest absolute Gasteiger partial charge is 0.352 e. The first-order chi connectivity index (χ1) is 13.4. The lowest BCUT2D eigenvalue weighted by Crippen LogP contribution is -2.10. The highest BCUT2D eigenvalue weighted by Crippen LogP contribution is 2.33. The van der Waals surface area contributed by atoms with Gasteiger partial charge in [-0.25, -0.2) is 4.68 Å². The average Bonchev–Trinajstić information content (AvgIpc) is 3.02. The van der Waals surface area contributed by atoms with Gasteiger partial charge in [-0.3, -0.25) is 9.59 Å². The fourth-order valence-electron chi connectivity index (χ4n) is 2.83. The van der Waals surface area contributed by atoms with Crippen LogP contribution in [0.1, 0.15) is 23.0 Å². The average molecular weight is 421 g/mol. The Balaban J connectivity index is 2.30. The van der Waals surface area contributed by atoms with Crippen molar-refractivity contribution >= 4 is 35.2 Å². The summed E-state index contributed by atoms with van der Waals surface area (Å²) >= 11 is 12.3. The van der Waals surface area contributed by atoms with E-state index in [2.05, 4.69) is 5.10 Å². The number of rotatable bonds is 6. The zero-order valence-electron chi connectivity index (χ0n) is 14.8. The van der Waals surface area contributed by atoms with Gasteiger partial charge in [0, 0.05) is 16.1 Å². The molecular formula is C20H15Cl2FN2O3. The maximum Gasteiger partial charge on any atom is 0.352 e. The zero-order valence-corrected chi connectivity index (χ0v) is 16.3. The second-order valence-corrected chi connectivity index (χ2v) is 6.65. The van der Waals surface area contributed by atoms with E-state index in [1.165, 1.54) is 4.68 Å². The molecule has 1 aromatic heterocycles. The van der Waals surface area contributed by atoms with Gasteiger partial charge in [0.15, 0.2) is 5.69 Å². The summed E-state index contributed by atoms with van der Waals surface area (Å²) < 4.78 is 20.1. The molecule has 1 heterocycles. The van der Waals surface area contributed by atoms with Crippen LogP contribution in [-0.2, 0) is 16.0 Å². The highest BCUT2D eigenvalue weighted by molar-refractivity contribution is 6.32. The van der Waals surface area contributed by atoms with Crippen molar-refractivity contribution in [2.24, 2.45) is 0 Å². The highest BCUT2D eigenvalue weighted by atomic mass is 35.5. The van der Waals surface area contributed by atoms with Gasteiger partial charge in [0.1, 0.15) is 0 Å². The molecule has 0 atom stereocenters. The van der Waals surface area contributed by atoms with E-state index in [4.69, 9.17) is 27.9 Å². The van der Waals surface area contributed by atoms with Gasteiger partial charge in [-0.15, -0.1) is 0 Å². The molecule has 0 saturated heterocycles. The van der Waals surface area contributed by atoms with Crippen LogP contribution >= 0.6 is 23.2 Å². The van der Waals surface area contributed by atoms with Crippen LogP contribution in [0.15, 0.2) is 48.5 Å². The van der Waals surface area contributed by atoms with Gasteiger partial charge in [0.05, 0.1) is 29.4 Å². The first-order valence-corrected chi connectivity index (χ1v) is 9.16. The number of para-hydroxylation sites is 1. The Hall–Kier alpha value is -2.70. The summed E-state index contributed by atoms with van der Waals surface area (Å²) in [6.07, 6.45) is -0.318. The molecule has 0 unspecified atom stereocenters. The van der Waals surface area contributed by atoms with E-state index in [-0.39, 0.29) is 18.6 Å². The summed E-state index contributed by atoms with van der Waals surface area (Å²) in [5.74, 6) is -0.598. The van der Waals surface area contributed by atoms with Gasteiger partial charge >= 0.3 is 12.0 Å². The molecule has 0 aliphatic carbocycles. The third kappa shape index (κ3) is 4.08. The third-order valence-electron chi connectivity index (χ3n) is 3.99. The van der Waals surface area contributed by atoms with Crippen LogP contribution in [-0.4, -0.2) is 28.4 Å². The van der Waals surface area contributed by atoms with E-state index in [0.29, 0.717) is 27.0 Å². The minimum absolute atomic E-state index is 0.119. The topological polar surface area (TPSA) is 61.2 Å². The predicted octanol–water partition coefficient (Wildman–Crippen LogP) is 5.06. The van der Waals surface area contributed by atoms with E-state index < -0.39 is 17.7 Å². The number of hydrogen-bond acceptors (Lipinski definition) is 4. The van der Waals surface area contributed by atoms with Gasteiger partial charge in [-0.05, 0) is 31.2 Å². The standard InChI is InChI=1S/C20H15Cl2FN2O3/c1-2-28-17(26)11-14-18(20(23)27)24-25(16-6-4-3-5-15(16)22)19(14)12-7-9-13(21)10-8-12/h3-10H,2,11H2,1H3. The third-order valence-corrected chi connectivity index (χ3v) is 4.57. The second kappa shape index (κ2) is 8.54. The summed E-state index contributed by atoms with van der Waals surface area (Å²) in [7, 11) is 0. The first kappa shape index (κ1) is 20.0. The molecule has 2 aromatic carbocycles. The molecule has 3 rings (SSSR count). The maximum atomic E-state index is 13.8. The lowest BCUT2D eigenvalue weighted by Gasteiger charge is -2.11. The molecule has 0 fully saturated rings. The van der Waals surface area contributed by atoms with Gasteiger partial charge < -0.3 is 4.74 Å². The van der Waals surface area contributed by atoms with Crippen molar-refractivity contribution in [3.8, 4) is 16.9 Å². The van der Waals surface area contributed by atoms with E-state index in [9.17, 15) is 14.0 Å². The number of carbonyl (C=O) groups is 2. The van der Waals surface area contributed by atoms with Crippen molar-refractivity contribution in [3.05, 3.63) is 69.8 Å². The summed E-state index contributed by atoms with van der Waals surface area (Å²) in [5.41, 5.74) is 1.04. The normalized spacial score (nSPS) is 10.7. The van der Waals surface area contributed by atoms with Crippen LogP contribution in [0.4, 0.5) is 4.39 Å².